The SMILES string of the molecule is COc1cc2c3c([nH]c2cc1-c1c(C)noc1C)N=C(N)N(c1cc(C2CC2)nn1C1CC1)C3N. The number of aryl methyl sites for hydroxylation is 2. The van der Waals surface area contributed by atoms with Crippen molar-refractivity contribution >= 4 is 28.5 Å². The summed E-state index contributed by atoms with van der Waals surface area (Å²) in [4.78, 5) is 10.1. The molecule has 0 saturated heterocycles. The number of aromatic amines is 1. The molecule has 2 saturated carbocycles. The number of nitrogens with one attached hydrogen (secondary N) is 1. The van der Waals surface area contributed by atoms with E-state index >= 15 is 0 Å². The molecule has 3 aliphatic rings. The molecule has 4 heterocycles. The summed E-state index contributed by atoms with van der Waals surface area (Å²) in [6.07, 6.45) is 4.11. The Kier molecular flexibility index (Phi) is 4.18. The van der Waals surface area contributed by atoms with Crippen LogP contribution < -0.4 is 21.1 Å². The van der Waals surface area contributed by atoms with Crippen LogP contribution in [0.15, 0.2) is 27.7 Å². The lowest BCUT2D eigenvalue weighted by molar-refractivity contribution is 0.393. The Balaban J connectivity index is 1.38. The number of ether oxygens (including phenoxy) is 1. The first kappa shape index (κ1) is 20.6. The molecular weight excluding hydrogens is 444 g/mol. The summed E-state index contributed by atoms with van der Waals surface area (Å²) in [6, 6.07) is 6.60. The van der Waals surface area contributed by atoms with Gasteiger partial charge >= 0.3 is 0 Å². The monoisotopic (exact) mass is 472 g/mol. The summed E-state index contributed by atoms with van der Waals surface area (Å²) < 4.78 is 13.3. The fourth-order valence-electron chi connectivity index (χ4n) is 5.30. The van der Waals surface area contributed by atoms with Crippen LogP contribution in [0.1, 0.15) is 66.5 Å². The highest BCUT2D eigenvalue weighted by atomic mass is 16.5. The van der Waals surface area contributed by atoms with Crippen molar-refractivity contribution in [2.24, 2.45) is 16.5 Å². The minimum absolute atomic E-state index is 0.360. The number of nitrogens with zero attached hydrogens (tertiary/aromatic N) is 5. The second kappa shape index (κ2) is 7.11. The standard InChI is InChI=1S/C25H28N8O2/c1-11-21(12(2)35-31-11)16-8-18-15(9-19(16)34-3)22-23(26)32(25(27)29-24(22)28-18)20-10-17(13-4-5-13)30-33(20)14-6-7-14/h8-10,13-14,23,28H,4-7,26H2,1-3H3,(H2,27,29). The van der Waals surface area contributed by atoms with E-state index in [1.807, 2.05) is 30.9 Å². The highest BCUT2D eigenvalue weighted by Crippen LogP contribution is 2.47. The molecule has 1 aliphatic heterocycles. The van der Waals surface area contributed by atoms with Crippen LogP contribution in [0.25, 0.3) is 22.0 Å². The average Bonchev–Trinajstić information content (AvgIpc) is 3.75. The molecule has 5 N–H and O–H groups in total. The molecule has 2 aliphatic carbocycles. The lowest BCUT2D eigenvalue weighted by Gasteiger charge is -2.33. The summed E-state index contributed by atoms with van der Waals surface area (Å²) in [5.74, 6) is 3.94. The van der Waals surface area contributed by atoms with Crippen molar-refractivity contribution in [3.8, 4) is 16.9 Å². The maximum Gasteiger partial charge on any atom is 0.205 e. The molecule has 0 spiro atoms. The van der Waals surface area contributed by atoms with Crippen LogP contribution in [0.5, 0.6) is 5.75 Å². The Labute approximate surface area is 201 Å². The van der Waals surface area contributed by atoms with Crippen LogP contribution in [0.3, 0.4) is 0 Å². The number of aromatic nitrogens is 4. The molecule has 0 bridgehead atoms. The van der Waals surface area contributed by atoms with Crippen LogP contribution in [0.4, 0.5) is 11.6 Å². The third-order valence-corrected chi connectivity index (χ3v) is 7.36. The van der Waals surface area contributed by atoms with Crippen molar-refractivity contribution < 1.29 is 9.26 Å². The fourth-order valence-corrected chi connectivity index (χ4v) is 5.30. The van der Waals surface area contributed by atoms with Gasteiger partial charge in [0.25, 0.3) is 0 Å². The minimum atomic E-state index is -0.521. The second-order valence-corrected chi connectivity index (χ2v) is 9.85. The predicted octanol–water partition coefficient (Wildman–Crippen LogP) is 4.28. The number of hydrogen-bond acceptors (Lipinski definition) is 8. The van der Waals surface area contributed by atoms with Crippen LogP contribution in [-0.4, -0.2) is 33.0 Å². The van der Waals surface area contributed by atoms with E-state index < -0.39 is 6.17 Å². The Morgan fingerprint density at radius 2 is 1.94 bits per heavy atom. The van der Waals surface area contributed by atoms with E-state index in [0.29, 0.717) is 29.5 Å². The summed E-state index contributed by atoms with van der Waals surface area (Å²) in [5, 5.41) is 9.99. The first-order valence-electron chi connectivity index (χ1n) is 12.1. The molecule has 35 heavy (non-hydrogen) atoms. The van der Waals surface area contributed by atoms with Gasteiger partial charge in [0, 0.05) is 34.0 Å². The molecule has 1 unspecified atom stereocenters. The molecule has 1 atom stereocenters. The van der Waals surface area contributed by atoms with Crippen molar-refractivity contribution in [3.05, 3.63) is 40.9 Å². The number of methoxy groups -OCH3 is 1. The Morgan fingerprint density at radius 1 is 1.14 bits per heavy atom. The molecule has 180 valence electrons. The largest absolute Gasteiger partial charge is 0.496 e. The Bertz CT molecular complexity index is 1500. The lowest BCUT2D eigenvalue weighted by Crippen LogP contribution is -2.46. The van der Waals surface area contributed by atoms with Gasteiger partial charge in [-0.3, -0.25) is 4.90 Å². The number of nitrogens with two attached hydrogens (primary N) is 2. The van der Waals surface area contributed by atoms with Gasteiger partial charge in [-0.25, -0.2) is 4.68 Å². The molecule has 10 heteroatoms. The van der Waals surface area contributed by atoms with Crippen LogP contribution in [0, 0.1) is 13.8 Å². The number of fused-ring (bicyclic) bond motifs is 3. The highest BCUT2D eigenvalue weighted by molar-refractivity contribution is 6.03. The fraction of sp³-hybridized carbons (Fsp3) is 0.400. The van der Waals surface area contributed by atoms with Gasteiger partial charge in [0.15, 0.2) is 0 Å². The topological polar surface area (TPSA) is 137 Å². The molecule has 2 fully saturated rings. The summed E-state index contributed by atoms with van der Waals surface area (Å²) in [7, 11) is 1.66. The van der Waals surface area contributed by atoms with Crippen molar-refractivity contribution in [3.63, 3.8) is 0 Å². The molecule has 3 aromatic heterocycles. The second-order valence-electron chi connectivity index (χ2n) is 9.85. The van der Waals surface area contributed by atoms with Gasteiger partial charge in [-0.05, 0) is 51.7 Å². The van der Waals surface area contributed by atoms with Crippen LogP contribution >= 0.6 is 0 Å². The zero-order valence-electron chi connectivity index (χ0n) is 20.0. The van der Waals surface area contributed by atoms with Crippen LogP contribution in [-0.2, 0) is 0 Å². The average molecular weight is 473 g/mol. The van der Waals surface area contributed by atoms with Gasteiger partial charge in [0.05, 0.1) is 30.1 Å². The number of hydrogen-bond donors (Lipinski definition) is 3. The predicted molar refractivity (Wildman–Crippen MR) is 133 cm³/mol. The van der Waals surface area contributed by atoms with E-state index in [1.54, 1.807) is 7.11 Å². The van der Waals surface area contributed by atoms with Crippen molar-refractivity contribution in [2.45, 2.75) is 57.7 Å². The van der Waals surface area contributed by atoms with E-state index in [2.05, 4.69) is 20.9 Å². The van der Waals surface area contributed by atoms with E-state index in [9.17, 15) is 0 Å². The van der Waals surface area contributed by atoms with Crippen molar-refractivity contribution in [1.82, 2.24) is 19.9 Å². The highest BCUT2D eigenvalue weighted by Gasteiger charge is 2.38. The van der Waals surface area contributed by atoms with Gasteiger partial charge in [-0.2, -0.15) is 10.1 Å². The Hall–Kier alpha value is -3.79. The summed E-state index contributed by atoms with van der Waals surface area (Å²) >= 11 is 0. The normalized spacial score (nSPS) is 19.8. The van der Waals surface area contributed by atoms with Gasteiger partial charge in [-0.15, -0.1) is 0 Å². The first-order chi connectivity index (χ1) is 16.9. The molecule has 0 radical (unpaired) electrons. The van der Waals surface area contributed by atoms with Gasteiger partial charge in [-0.1, -0.05) is 5.16 Å². The lowest BCUT2D eigenvalue weighted by atomic mass is 9.99. The number of H-pyrrole nitrogens is 1. The third-order valence-electron chi connectivity index (χ3n) is 7.36. The van der Waals surface area contributed by atoms with Gasteiger partial charge in [0.1, 0.15) is 29.3 Å². The quantitative estimate of drug-likeness (QED) is 0.394. The van der Waals surface area contributed by atoms with E-state index in [4.69, 9.17) is 30.8 Å². The van der Waals surface area contributed by atoms with E-state index in [0.717, 1.165) is 63.4 Å². The maximum atomic E-state index is 6.92. The number of guanidine groups is 1. The zero-order valence-corrected chi connectivity index (χ0v) is 20.0. The van der Waals surface area contributed by atoms with E-state index in [1.165, 1.54) is 12.8 Å². The third kappa shape index (κ3) is 3.02. The number of benzene rings is 1. The Morgan fingerprint density at radius 3 is 2.60 bits per heavy atom. The van der Waals surface area contributed by atoms with Gasteiger partial charge in [0.2, 0.25) is 5.96 Å². The molecule has 7 rings (SSSR count). The maximum absolute atomic E-state index is 6.92. The van der Waals surface area contributed by atoms with Crippen LogP contribution in [0.2, 0.25) is 0 Å². The van der Waals surface area contributed by atoms with Crippen molar-refractivity contribution in [2.75, 3.05) is 12.0 Å². The minimum Gasteiger partial charge on any atom is -0.496 e. The van der Waals surface area contributed by atoms with E-state index in [-0.39, 0.29) is 0 Å². The van der Waals surface area contributed by atoms with Gasteiger partial charge < -0.3 is 25.7 Å². The molecule has 1 aromatic carbocycles. The summed E-state index contributed by atoms with van der Waals surface area (Å²) in [5.41, 5.74) is 19.0. The molecule has 4 aromatic rings. The molecular formula is C25H28N8O2. The number of aliphatic imine (C=N–C) groups is 1. The smallest absolute Gasteiger partial charge is 0.205 e. The molecule has 10 nitrogen and oxygen atoms in total. The summed E-state index contributed by atoms with van der Waals surface area (Å²) in [6.45, 7) is 3.82. The number of rotatable bonds is 5. The zero-order chi connectivity index (χ0) is 24.0. The first-order valence-corrected chi connectivity index (χ1v) is 12.1. The van der Waals surface area contributed by atoms with Crippen molar-refractivity contribution in [1.29, 1.82) is 0 Å². The molecule has 0 amide bonds. The number of anilines is 1.